The summed E-state index contributed by atoms with van der Waals surface area (Å²) in [4.78, 5) is 13.2. The van der Waals surface area contributed by atoms with Gasteiger partial charge in [-0.3, -0.25) is 4.79 Å². The van der Waals surface area contributed by atoms with Gasteiger partial charge in [0, 0.05) is 16.5 Å². The van der Waals surface area contributed by atoms with Gasteiger partial charge in [0.05, 0.1) is 21.3 Å². The minimum Gasteiger partial charge on any atom is -0.507 e. The molecule has 0 aliphatic carbocycles. The van der Waals surface area contributed by atoms with Crippen molar-refractivity contribution in [3.63, 3.8) is 0 Å². The Hall–Kier alpha value is -3.41. The molecule has 0 amide bonds. The van der Waals surface area contributed by atoms with Gasteiger partial charge in [-0.05, 0) is 24.3 Å². The number of aromatic hydroxyl groups is 1. The first-order chi connectivity index (χ1) is 13.8. The van der Waals surface area contributed by atoms with Crippen molar-refractivity contribution < 1.29 is 23.7 Å². The Kier molecular flexibility index (Phi) is 5.29. The van der Waals surface area contributed by atoms with Gasteiger partial charge in [-0.1, -0.05) is 26.0 Å². The lowest BCUT2D eigenvalue weighted by atomic mass is 9.83. The SMILES string of the molecule is C=CC(C)(C)c1ccc(O)c2c(=O)c(OC)c(-c3ccc(OC)c(OC)c3)oc12. The Balaban J connectivity index is 2.44. The molecule has 0 aliphatic heterocycles. The monoisotopic (exact) mass is 396 g/mol. The number of methoxy groups -OCH3 is 3. The highest BCUT2D eigenvalue weighted by Crippen LogP contribution is 2.40. The van der Waals surface area contributed by atoms with Crippen LogP contribution in [0.15, 0.2) is 52.2 Å². The Morgan fingerprint density at radius 3 is 2.31 bits per heavy atom. The van der Waals surface area contributed by atoms with E-state index in [1.165, 1.54) is 20.3 Å². The van der Waals surface area contributed by atoms with Crippen molar-refractivity contribution in [1.29, 1.82) is 0 Å². The van der Waals surface area contributed by atoms with Crippen LogP contribution in [0.5, 0.6) is 23.0 Å². The minimum absolute atomic E-state index is 0.00595. The number of fused-ring (bicyclic) bond motifs is 1. The number of ether oxygens (including phenoxy) is 3. The maximum absolute atomic E-state index is 13.2. The summed E-state index contributed by atoms with van der Waals surface area (Å²) in [7, 11) is 4.45. The van der Waals surface area contributed by atoms with Crippen molar-refractivity contribution in [3.8, 4) is 34.3 Å². The molecular weight excluding hydrogens is 372 g/mol. The lowest BCUT2D eigenvalue weighted by Gasteiger charge is -2.22. The van der Waals surface area contributed by atoms with Gasteiger partial charge in [-0.15, -0.1) is 6.58 Å². The van der Waals surface area contributed by atoms with Gasteiger partial charge in [0.15, 0.2) is 17.3 Å². The molecule has 1 heterocycles. The molecule has 1 N–H and O–H groups in total. The van der Waals surface area contributed by atoms with Gasteiger partial charge >= 0.3 is 0 Å². The van der Waals surface area contributed by atoms with Crippen molar-refractivity contribution in [1.82, 2.24) is 0 Å². The minimum atomic E-state index is -0.495. The summed E-state index contributed by atoms with van der Waals surface area (Å²) in [6, 6.07) is 8.37. The summed E-state index contributed by atoms with van der Waals surface area (Å²) in [5.41, 5.74) is 0.625. The normalized spacial score (nSPS) is 11.3. The van der Waals surface area contributed by atoms with E-state index in [0.29, 0.717) is 17.1 Å². The lowest BCUT2D eigenvalue weighted by molar-refractivity contribution is 0.355. The summed E-state index contributed by atoms with van der Waals surface area (Å²) in [5, 5.41) is 10.4. The van der Waals surface area contributed by atoms with Crippen LogP contribution in [-0.4, -0.2) is 26.4 Å². The first-order valence-electron chi connectivity index (χ1n) is 9.02. The molecule has 0 saturated heterocycles. The van der Waals surface area contributed by atoms with Gasteiger partial charge < -0.3 is 23.7 Å². The van der Waals surface area contributed by atoms with Crippen LogP contribution in [0.2, 0.25) is 0 Å². The van der Waals surface area contributed by atoms with E-state index < -0.39 is 10.8 Å². The van der Waals surface area contributed by atoms with Crippen LogP contribution in [0.1, 0.15) is 19.4 Å². The number of allylic oxidation sites excluding steroid dienone is 1. The number of hydrogen-bond donors (Lipinski definition) is 1. The van der Waals surface area contributed by atoms with Crippen molar-refractivity contribution in [2.24, 2.45) is 0 Å². The Labute approximate surface area is 169 Å². The van der Waals surface area contributed by atoms with Crippen molar-refractivity contribution in [3.05, 3.63) is 58.8 Å². The average Bonchev–Trinajstić information content (AvgIpc) is 2.72. The molecular formula is C23H24O6. The molecule has 0 radical (unpaired) electrons. The van der Waals surface area contributed by atoms with Crippen LogP contribution in [0.3, 0.4) is 0 Å². The predicted molar refractivity (Wildman–Crippen MR) is 112 cm³/mol. The van der Waals surface area contributed by atoms with Crippen LogP contribution in [0.25, 0.3) is 22.3 Å². The maximum Gasteiger partial charge on any atom is 0.239 e. The highest BCUT2D eigenvalue weighted by Gasteiger charge is 2.27. The van der Waals surface area contributed by atoms with E-state index in [0.717, 1.165) is 5.56 Å². The largest absolute Gasteiger partial charge is 0.507 e. The molecule has 1 aromatic heterocycles. The van der Waals surface area contributed by atoms with E-state index in [4.69, 9.17) is 18.6 Å². The molecule has 6 nitrogen and oxygen atoms in total. The van der Waals surface area contributed by atoms with Crippen molar-refractivity contribution in [2.75, 3.05) is 21.3 Å². The standard InChI is InChI=1S/C23H24O6/c1-7-23(2,3)14-9-10-15(24)18-19(25)22(28-6)20(29-21(14)18)13-8-11-16(26-4)17(12-13)27-5/h7-12,24H,1H2,2-6H3. The number of rotatable bonds is 6. The van der Waals surface area contributed by atoms with Crippen LogP contribution in [0, 0.1) is 0 Å². The van der Waals surface area contributed by atoms with Crippen LogP contribution in [-0.2, 0) is 5.41 Å². The molecule has 0 aliphatic rings. The van der Waals surface area contributed by atoms with Gasteiger partial charge in [-0.2, -0.15) is 0 Å². The molecule has 0 bridgehead atoms. The first kappa shape index (κ1) is 20.3. The number of phenolic OH excluding ortho intramolecular Hbond substituents is 1. The van der Waals surface area contributed by atoms with E-state index in [-0.39, 0.29) is 28.2 Å². The third-order valence-corrected chi connectivity index (χ3v) is 5.03. The third-order valence-electron chi connectivity index (χ3n) is 5.03. The van der Waals surface area contributed by atoms with Crippen LogP contribution >= 0.6 is 0 Å². The topological polar surface area (TPSA) is 78.1 Å². The van der Waals surface area contributed by atoms with Gasteiger partial charge in [-0.25, -0.2) is 0 Å². The molecule has 2 aromatic carbocycles. The van der Waals surface area contributed by atoms with Gasteiger partial charge in [0.2, 0.25) is 11.2 Å². The lowest BCUT2D eigenvalue weighted by Crippen LogP contribution is -2.16. The second kappa shape index (κ2) is 7.54. The van der Waals surface area contributed by atoms with E-state index in [1.54, 1.807) is 37.5 Å². The number of phenols is 1. The van der Waals surface area contributed by atoms with Gasteiger partial charge in [0.1, 0.15) is 16.7 Å². The van der Waals surface area contributed by atoms with Crippen LogP contribution in [0.4, 0.5) is 0 Å². The Morgan fingerprint density at radius 2 is 1.72 bits per heavy atom. The molecule has 0 saturated carbocycles. The number of hydrogen-bond acceptors (Lipinski definition) is 6. The molecule has 0 unspecified atom stereocenters. The maximum atomic E-state index is 13.2. The summed E-state index contributed by atoms with van der Waals surface area (Å²) in [6.45, 7) is 7.78. The molecule has 3 rings (SSSR count). The van der Waals surface area contributed by atoms with Gasteiger partial charge in [0.25, 0.3) is 0 Å². The van der Waals surface area contributed by atoms with E-state index in [1.807, 2.05) is 13.8 Å². The van der Waals surface area contributed by atoms with E-state index >= 15 is 0 Å². The number of benzene rings is 2. The molecule has 0 atom stereocenters. The fourth-order valence-electron chi connectivity index (χ4n) is 3.23. The smallest absolute Gasteiger partial charge is 0.239 e. The second-order valence-corrected chi connectivity index (χ2v) is 7.13. The summed E-state index contributed by atoms with van der Waals surface area (Å²) < 4.78 is 22.2. The zero-order valence-electron chi connectivity index (χ0n) is 17.2. The first-order valence-corrected chi connectivity index (χ1v) is 9.02. The summed E-state index contributed by atoms with van der Waals surface area (Å²) in [5.74, 6) is 1.09. The highest BCUT2D eigenvalue weighted by molar-refractivity contribution is 5.90. The molecule has 0 fully saturated rings. The van der Waals surface area contributed by atoms with Crippen molar-refractivity contribution >= 4 is 11.0 Å². The zero-order chi connectivity index (χ0) is 21.3. The Morgan fingerprint density at radius 1 is 1.03 bits per heavy atom. The molecule has 152 valence electrons. The highest BCUT2D eigenvalue weighted by atomic mass is 16.5. The summed E-state index contributed by atoms with van der Waals surface area (Å²) in [6.07, 6.45) is 1.76. The quantitative estimate of drug-likeness (QED) is 0.611. The van der Waals surface area contributed by atoms with E-state index in [2.05, 4.69) is 6.58 Å². The third kappa shape index (κ3) is 3.31. The zero-order valence-corrected chi connectivity index (χ0v) is 17.2. The Bertz CT molecular complexity index is 1140. The molecule has 0 spiro atoms. The predicted octanol–water partition coefficient (Wildman–Crippen LogP) is 4.66. The molecule has 6 heteroatoms. The molecule has 29 heavy (non-hydrogen) atoms. The van der Waals surface area contributed by atoms with Crippen LogP contribution < -0.4 is 19.6 Å². The fourth-order valence-corrected chi connectivity index (χ4v) is 3.23. The molecule has 3 aromatic rings. The van der Waals surface area contributed by atoms with Crippen molar-refractivity contribution in [2.45, 2.75) is 19.3 Å². The second-order valence-electron chi connectivity index (χ2n) is 7.13. The average molecular weight is 396 g/mol. The van der Waals surface area contributed by atoms with E-state index in [9.17, 15) is 9.90 Å². The fraction of sp³-hybridized carbons (Fsp3) is 0.261. The summed E-state index contributed by atoms with van der Waals surface area (Å²) >= 11 is 0.